The lowest BCUT2D eigenvalue weighted by Gasteiger charge is -2.57. The normalized spacial score (nSPS) is 21.9. The van der Waals surface area contributed by atoms with Crippen LogP contribution in [0, 0.1) is 17.3 Å². The molecule has 0 spiro atoms. The van der Waals surface area contributed by atoms with Crippen molar-refractivity contribution >= 4 is 23.7 Å². The summed E-state index contributed by atoms with van der Waals surface area (Å²) < 4.78 is 0. The summed E-state index contributed by atoms with van der Waals surface area (Å²) in [4.78, 5) is 33.7. The number of hydrogen-bond donors (Lipinski definition) is 1. The second-order valence-corrected chi connectivity index (χ2v) is 13.6. The fourth-order valence-corrected chi connectivity index (χ4v) is 7.40. The first-order valence-corrected chi connectivity index (χ1v) is 16.8. The van der Waals surface area contributed by atoms with Crippen molar-refractivity contribution in [1.82, 2.24) is 20.0 Å². The van der Waals surface area contributed by atoms with Gasteiger partial charge in [-0.15, -0.1) is 11.8 Å². The lowest BCUT2D eigenvalue weighted by molar-refractivity contribution is -0.130. The Morgan fingerprint density at radius 3 is 2.45 bits per heavy atom. The molecule has 4 aliphatic rings. The number of nitrogens with one attached hydrogen (secondary N) is 1. The Bertz CT molecular complexity index is 974. The quantitative estimate of drug-likeness (QED) is 0.154. The Morgan fingerprint density at radius 2 is 1.75 bits per heavy atom. The second-order valence-electron chi connectivity index (χ2n) is 12.6. The van der Waals surface area contributed by atoms with Crippen LogP contribution >= 0.6 is 11.8 Å². The molecule has 1 N–H and O–H groups in total. The van der Waals surface area contributed by atoms with Gasteiger partial charge >= 0.3 is 6.03 Å². The summed E-state index contributed by atoms with van der Waals surface area (Å²) in [5.41, 5.74) is 1.83. The highest BCUT2D eigenvalue weighted by atomic mass is 32.2. The van der Waals surface area contributed by atoms with Crippen molar-refractivity contribution in [1.29, 1.82) is 0 Å². The van der Waals surface area contributed by atoms with E-state index in [4.69, 9.17) is 0 Å². The number of piperazine rings is 1. The van der Waals surface area contributed by atoms with Gasteiger partial charge in [0.05, 0.1) is 5.75 Å². The molecule has 2 fully saturated rings. The lowest BCUT2D eigenvalue weighted by Crippen LogP contribution is -2.53. The maximum atomic E-state index is 13.3. The van der Waals surface area contributed by atoms with Crippen LogP contribution < -0.4 is 5.32 Å². The number of thioether (sulfide) groups is 1. The fourth-order valence-electron chi connectivity index (χ4n) is 6.58. The number of benzene rings is 1. The Labute approximate surface area is 247 Å². The summed E-state index contributed by atoms with van der Waals surface area (Å²) in [7, 11) is 0. The van der Waals surface area contributed by atoms with Crippen LogP contribution in [0.3, 0.4) is 0 Å². The molecule has 2 unspecified atom stereocenters. The Balaban J connectivity index is 1.23. The fraction of sp³-hybridized carbons (Fsp3) is 0.697. The van der Waals surface area contributed by atoms with E-state index < -0.39 is 0 Å². The van der Waals surface area contributed by atoms with Crippen LogP contribution in [-0.4, -0.2) is 84.7 Å². The molecule has 1 saturated carbocycles. The number of nitrogens with zero attached hydrogens (tertiary/aromatic N) is 3. The van der Waals surface area contributed by atoms with Gasteiger partial charge in [-0.25, -0.2) is 4.79 Å². The maximum Gasteiger partial charge on any atom is 0.317 e. The largest absolute Gasteiger partial charge is 0.339 e. The number of hydrogen-bond acceptors (Lipinski definition) is 4. The van der Waals surface area contributed by atoms with Gasteiger partial charge in [-0.1, -0.05) is 82.7 Å². The van der Waals surface area contributed by atoms with E-state index in [9.17, 15) is 9.59 Å². The van der Waals surface area contributed by atoms with E-state index in [-0.39, 0.29) is 11.9 Å². The van der Waals surface area contributed by atoms with Crippen molar-refractivity contribution in [3.05, 3.63) is 42.0 Å². The van der Waals surface area contributed by atoms with Crippen LogP contribution in [0.25, 0.3) is 0 Å². The summed E-state index contributed by atoms with van der Waals surface area (Å²) in [6, 6.07) is 10.2. The third-order valence-corrected chi connectivity index (χ3v) is 10.6. The zero-order chi connectivity index (χ0) is 28.4. The van der Waals surface area contributed by atoms with Gasteiger partial charge in [-0.3, -0.25) is 9.69 Å². The van der Waals surface area contributed by atoms with Crippen LogP contribution in [0.4, 0.5) is 4.79 Å². The maximum absolute atomic E-state index is 13.3. The Hall–Kier alpha value is -1.99. The van der Waals surface area contributed by atoms with Crippen LogP contribution in [0.2, 0.25) is 0 Å². The van der Waals surface area contributed by atoms with Crippen molar-refractivity contribution in [2.45, 2.75) is 77.0 Å². The first kappa shape index (κ1) is 31.0. The molecule has 0 aromatic heterocycles. The van der Waals surface area contributed by atoms with Crippen molar-refractivity contribution in [3.63, 3.8) is 0 Å². The molecule has 1 saturated heterocycles. The molecule has 40 heavy (non-hydrogen) atoms. The average molecular weight is 569 g/mol. The smallest absolute Gasteiger partial charge is 0.317 e. The number of unbranched alkanes of at least 4 members (excludes halogenated alkanes) is 5. The summed E-state index contributed by atoms with van der Waals surface area (Å²) in [5, 5.41) is 3.23. The van der Waals surface area contributed by atoms with Crippen LogP contribution in [0.1, 0.15) is 72.1 Å². The predicted molar refractivity (Wildman–Crippen MR) is 167 cm³/mol. The van der Waals surface area contributed by atoms with Crippen molar-refractivity contribution < 1.29 is 9.59 Å². The standard InChI is InChI=1S/C33H52N4O2S/c1-4-5-6-7-8-12-17-34-32(39)37(25-27-15-16-28-24-30(27)33(28,2)3)23-20-35-18-21-36(22-19-35)31(38)26-40-29-13-10-9-11-14-29/h9-11,13-15,28,30H,4-8,12,16-26H2,1-3H3,(H,34,39). The van der Waals surface area contributed by atoms with Crippen LogP contribution in [-0.2, 0) is 4.79 Å². The molecule has 7 heteroatoms. The van der Waals surface area contributed by atoms with Gasteiger partial charge in [0.15, 0.2) is 0 Å². The van der Waals surface area contributed by atoms with Crippen LogP contribution in [0.5, 0.6) is 0 Å². The minimum atomic E-state index is 0.0838. The van der Waals surface area contributed by atoms with Crippen molar-refractivity contribution in [3.8, 4) is 0 Å². The first-order chi connectivity index (χ1) is 19.4. The molecule has 1 heterocycles. The van der Waals surface area contributed by atoms with Gasteiger partial charge < -0.3 is 15.1 Å². The third-order valence-electron chi connectivity index (χ3n) is 9.57. The van der Waals surface area contributed by atoms with Crippen LogP contribution in [0.15, 0.2) is 46.9 Å². The number of rotatable bonds is 15. The lowest BCUT2D eigenvalue weighted by atomic mass is 9.49. The minimum absolute atomic E-state index is 0.0838. The van der Waals surface area contributed by atoms with E-state index in [0.29, 0.717) is 17.1 Å². The molecule has 222 valence electrons. The predicted octanol–water partition coefficient (Wildman–Crippen LogP) is 6.29. The molecule has 1 aliphatic heterocycles. The molecule has 3 amide bonds. The number of carbonyl (C=O) groups excluding carboxylic acids is 2. The molecule has 6 nitrogen and oxygen atoms in total. The SMILES string of the molecule is CCCCCCCCNC(=O)N(CCN1CCN(C(=O)CSc2ccccc2)CC1)CC1=CCC2CC1C2(C)C. The Morgan fingerprint density at radius 1 is 1.02 bits per heavy atom. The van der Waals surface area contributed by atoms with Gasteiger partial charge in [0, 0.05) is 57.3 Å². The zero-order valence-corrected chi connectivity index (χ0v) is 26.0. The van der Waals surface area contributed by atoms with E-state index in [1.807, 2.05) is 23.1 Å². The first-order valence-electron chi connectivity index (χ1n) is 15.8. The monoisotopic (exact) mass is 568 g/mol. The summed E-state index contributed by atoms with van der Waals surface area (Å²) in [6.07, 6.45) is 12.2. The molecular weight excluding hydrogens is 516 g/mol. The summed E-state index contributed by atoms with van der Waals surface area (Å²) in [5.74, 6) is 2.13. The van der Waals surface area contributed by atoms with E-state index in [1.54, 1.807) is 11.8 Å². The van der Waals surface area contributed by atoms with Crippen molar-refractivity contribution in [2.75, 3.05) is 58.1 Å². The number of amides is 3. The molecule has 2 bridgehead atoms. The molecule has 0 radical (unpaired) electrons. The van der Waals surface area contributed by atoms with E-state index in [0.717, 1.165) is 76.0 Å². The molecule has 3 aliphatic carbocycles. The summed E-state index contributed by atoms with van der Waals surface area (Å²) >= 11 is 1.61. The second kappa shape index (κ2) is 15.3. The third kappa shape index (κ3) is 8.51. The van der Waals surface area contributed by atoms with Gasteiger partial charge in [0.25, 0.3) is 0 Å². The van der Waals surface area contributed by atoms with Crippen molar-refractivity contribution in [2.24, 2.45) is 17.3 Å². The highest BCUT2D eigenvalue weighted by Crippen LogP contribution is 2.59. The number of urea groups is 1. The zero-order valence-electron chi connectivity index (χ0n) is 25.2. The van der Waals surface area contributed by atoms with E-state index >= 15 is 0 Å². The van der Waals surface area contributed by atoms with Gasteiger partial charge in [-0.05, 0) is 48.6 Å². The molecule has 1 aromatic rings. The van der Waals surface area contributed by atoms with Gasteiger partial charge in [-0.2, -0.15) is 0 Å². The Kier molecular flexibility index (Phi) is 11.8. The summed E-state index contributed by atoms with van der Waals surface area (Å²) in [6.45, 7) is 13.4. The highest BCUT2D eigenvalue weighted by molar-refractivity contribution is 8.00. The minimum Gasteiger partial charge on any atom is -0.339 e. The molecule has 1 aromatic carbocycles. The molecular formula is C33H52N4O2S. The number of carbonyl (C=O) groups is 2. The van der Waals surface area contributed by atoms with Gasteiger partial charge in [0.2, 0.25) is 5.91 Å². The highest BCUT2D eigenvalue weighted by Gasteiger charge is 2.51. The number of fused-ring (bicyclic) bond motifs is 1. The molecule has 5 rings (SSSR count). The average Bonchev–Trinajstić information content (AvgIpc) is 2.98. The molecule has 2 atom stereocenters. The van der Waals surface area contributed by atoms with Gasteiger partial charge in [0.1, 0.15) is 0 Å². The number of allylic oxidation sites excluding steroid dienone is 1. The van der Waals surface area contributed by atoms with E-state index in [1.165, 1.54) is 44.1 Å². The van der Waals surface area contributed by atoms with E-state index in [2.05, 4.69) is 54.1 Å². The topological polar surface area (TPSA) is 55.9 Å².